The van der Waals surface area contributed by atoms with E-state index >= 15 is 0 Å². The zero-order valence-corrected chi connectivity index (χ0v) is 16.5. The molecule has 2 fully saturated rings. The first-order valence-electron chi connectivity index (χ1n) is 8.95. The first kappa shape index (κ1) is 19.9. The van der Waals surface area contributed by atoms with Gasteiger partial charge in [-0.1, -0.05) is 23.7 Å². The lowest BCUT2D eigenvalue weighted by atomic mass is 10.4. The predicted octanol–water partition coefficient (Wildman–Crippen LogP) is 0.978. The third kappa shape index (κ3) is 4.53. The summed E-state index contributed by atoms with van der Waals surface area (Å²) in [7, 11) is -3.70. The quantitative estimate of drug-likeness (QED) is 0.795. The Hall–Kier alpha value is -1.84. The van der Waals surface area contributed by atoms with Crippen molar-refractivity contribution in [1.29, 1.82) is 0 Å². The number of hydrogen-bond donors (Lipinski definition) is 1. The molecular weight excluding hydrogens is 392 g/mol. The van der Waals surface area contributed by atoms with Gasteiger partial charge in [-0.3, -0.25) is 4.79 Å². The second-order valence-electron chi connectivity index (χ2n) is 6.57. The Morgan fingerprint density at radius 1 is 0.963 bits per heavy atom. The molecule has 0 unspecified atom stereocenters. The average Bonchev–Trinajstić information content (AvgIpc) is 3.21. The molecule has 10 heteroatoms. The first-order valence-corrected chi connectivity index (χ1v) is 10.8. The number of carbonyl (C=O) groups excluding carboxylic acids is 2. The van der Waals surface area contributed by atoms with Crippen molar-refractivity contribution in [3.63, 3.8) is 0 Å². The van der Waals surface area contributed by atoms with E-state index in [4.69, 9.17) is 11.6 Å². The molecule has 0 atom stereocenters. The Labute approximate surface area is 164 Å². The number of nitrogens with one attached hydrogen (secondary N) is 1. The Morgan fingerprint density at radius 2 is 1.59 bits per heavy atom. The standard InChI is InChI=1S/C17H23ClN4O4S/c18-14-5-1-2-6-15(14)27(25,26)22-11-9-21(10-12-22)17(24)19-13-16(23)20-7-3-4-8-20/h1-2,5-6H,3-4,7-13H2,(H,19,24). The van der Waals surface area contributed by atoms with Gasteiger partial charge >= 0.3 is 6.03 Å². The van der Waals surface area contributed by atoms with Crippen LogP contribution in [0.15, 0.2) is 29.2 Å². The third-order valence-electron chi connectivity index (χ3n) is 4.83. The topological polar surface area (TPSA) is 90.0 Å². The molecule has 3 amide bonds. The number of amides is 3. The first-order chi connectivity index (χ1) is 12.9. The molecule has 148 valence electrons. The number of rotatable bonds is 4. The number of piperazine rings is 1. The van der Waals surface area contributed by atoms with Crippen LogP contribution in [0.2, 0.25) is 5.02 Å². The van der Waals surface area contributed by atoms with E-state index in [-0.39, 0.29) is 54.6 Å². The zero-order valence-electron chi connectivity index (χ0n) is 14.9. The van der Waals surface area contributed by atoms with Crippen molar-refractivity contribution in [3.05, 3.63) is 29.3 Å². The monoisotopic (exact) mass is 414 g/mol. The highest BCUT2D eigenvalue weighted by molar-refractivity contribution is 7.89. The van der Waals surface area contributed by atoms with Crippen LogP contribution in [0.1, 0.15) is 12.8 Å². The van der Waals surface area contributed by atoms with Gasteiger partial charge in [0.05, 0.1) is 11.6 Å². The van der Waals surface area contributed by atoms with Gasteiger partial charge in [0.15, 0.2) is 0 Å². The van der Waals surface area contributed by atoms with Crippen LogP contribution in [0.3, 0.4) is 0 Å². The van der Waals surface area contributed by atoms with E-state index < -0.39 is 10.0 Å². The number of hydrogen-bond acceptors (Lipinski definition) is 4. The van der Waals surface area contributed by atoms with E-state index in [0.717, 1.165) is 25.9 Å². The van der Waals surface area contributed by atoms with E-state index in [2.05, 4.69) is 5.32 Å². The van der Waals surface area contributed by atoms with Crippen molar-refractivity contribution >= 4 is 33.6 Å². The summed E-state index contributed by atoms with van der Waals surface area (Å²) in [4.78, 5) is 27.6. The van der Waals surface area contributed by atoms with Gasteiger partial charge < -0.3 is 15.1 Å². The van der Waals surface area contributed by atoms with Crippen LogP contribution < -0.4 is 5.32 Å². The van der Waals surface area contributed by atoms with Gasteiger partial charge in [0.2, 0.25) is 15.9 Å². The lowest BCUT2D eigenvalue weighted by Crippen LogP contribution is -2.54. The van der Waals surface area contributed by atoms with Crippen molar-refractivity contribution < 1.29 is 18.0 Å². The summed E-state index contributed by atoms with van der Waals surface area (Å²) in [6, 6.07) is 5.96. The maximum Gasteiger partial charge on any atom is 0.317 e. The third-order valence-corrected chi connectivity index (χ3v) is 7.23. The van der Waals surface area contributed by atoms with E-state index in [1.54, 1.807) is 17.0 Å². The Morgan fingerprint density at radius 3 is 2.22 bits per heavy atom. The number of nitrogens with zero attached hydrogens (tertiary/aromatic N) is 3. The number of likely N-dealkylation sites (tertiary alicyclic amines) is 1. The molecule has 3 rings (SSSR count). The summed E-state index contributed by atoms with van der Waals surface area (Å²) in [5, 5.41) is 2.81. The van der Waals surface area contributed by atoms with Crippen molar-refractivity contribution in [1.82, 2.24) is 19.4 Å². The van der Waals surface area contributed by atoms with Crippen LogP contribution in [0.5, 0.6) is 0 Å². The van der Waals surface area contributed by atoms with Gasteiger partial charge in [-0.05, 0) is 25.0 Å². The van der Waals surface area contributed by atoms with Crippen molar-refractivity contribution in [2.45, 2.75) is 17.7 Å². The number of benzene rings is 1. The second-order valence-corrected chi connectivity index (χ2v) is 8.88. The number of halogens is 1. The molecule has 2 aliphatic heterocycles. The van der Waals surface area contributed by atoms with E-state index in [1.165, 1.54) is 21.3 Å². The Bertz CT molecular complexity index is 803. The molecule has 2 saturated heterocycles. The lowest BCUT2D eigenvalue weighted by Gasteiger charge is -2.34. The summed E-state index contributed by atoms with van der Waals surface area (Å²) in [6.07, 6.45) is 2.00. The largest absolute Gasteiger partial charge is 0.341 e. The molecule has 1 aromatic rings. The zero-order chi connectivity index (χ0) is 19.4. The maximum atomic E-state index is 12.7. The summed E-state index contributed by atoms with van der Waals surface area (Å²) < 4.78 is 26.8. The summed E-state index contributed by atoms with van der Waals surface area (Å²) in [5.41, 5.74) is 0. The molecule has 0 radical (unpaired) electrons. The molecule has 2 aliphatic rings. The highest BCUT2D eigenvalue weighted by Crippen LogP contribution is 2.24. The van der Waals surface area contributed by atoms with Gasteiger partial charge in [0, 0.05) is 39.3 Å². The molecule has 8 nitrogen and oxygen atoms in total. The van der Waals surface area contributed by atoms with Gasteiger partial charge in [0.1, 0.15) is 4.90 Å². The average molecular weight is 415 g/mol. The SMILES string of the molecule is O=C(CNC(=O)N1CCN(S(=O)(=O)c2ccccc2Cl)CC1)N1CCCC1. The number of sulfonamides is 1. The highest BCUT2D eigenvalue weighted by atomic mass is 35.5. The summed E-state index contributed by atoms with van der Waals surface area (Å²) in [5.74, 6) is -0.0826. The molecule has 0 aromatic heterocycles. The van der Waals surface area contributed by atoms with Crippen LogP contribution in [0.25, 0.3) is 0 Å². The minimum atomic E-state index is -3.70. The van der Waals surface area contributed by atoms with Gasteiger partial charge in [0.25, 0.3) is 0 Å². The number of carbonyl (C=O) groups is 2. The van der Waals surface area contributed by atoms with Gasteiger partial charge in [-0.15, -0.1) is 0 Å². The second kappa shape index (κ2) is 8.45. The molecule has 0 spiro atoms. The molecule has 0 bridgehead atoms. The minimum absolute atomic E-state index is 0.0308. The summed E-state index contributed by atoms with van der Waals surface area (Å²) in [6.45, 7) is 2.33. The van der Waals surface area contributed by atoms with Crippen LogP contribution in [-0.4, -0.2) is 80.3 Å². The molecule has 1 aromatic carbocycles. The minimum Gasteiger partial charge on any atom is -0.341 e. The molecule has 0 aliphatic carbocycles. The molecule has 2 heterocycles. The van der Waals surface area contributed by atoms with Crippen LogP contribution in [0.4, 0.5) is 4.79 Å². The maximum absolute atomic E-state index is 12.7. The predicted molar refractivity (Wildman–Crippen MR) is 101 cm³/mol. The fourth-order valence-electron chi connectivity index (χ4n) is 3.27. The van der Waals surface area contributed by atoms with Crippen molar-refractivity contribution in [2.24, 2.45) is 0 Å². The van der Waals surface area contributed by atoms with Crippen molar-refractivity contribution in [3.8, 4) is 0 Å². The smallest absolute Gasteiger partial charge is 0.317 e. The number of urea groups is 1. The normalized spacial score (nSPS) is 18.6. The fourth-order valence-corrected chi connectivity index (χ4v) is 5.18. The molecule has 1 N–H and O–H groups in total. The summed E-state index contributed by atoms with van der Waals surface area (Å²) >= 11 is 6.02. The van der Waals surface area contributed by atoms with E-state index in [0.29, 0.717) is 0 Å². The van der Waals surface area contributed by atoms with Crippen molar-refractivity contribution in [2.75, 3.05) is 45.8 Å². The van der Waals surface area contributed by atoms with Gasteiger partial charge in [-0.2, -0.15) is 4.31 Å². The molecule has 27 heavy (non-hydrogen) atoms. The van der Waals surface area contributed by atoms with Crippen LogP contribution >= 0.6 is 11.6 Å². The van der Waals surface area contributed by atoms with E-state index in [1.807, 2.05) is 0 Å². The Balaban J connectivity index is 1.51. The highest BCUT2D eigenvalue weighted by Gasteiger charge is 2.31. The van der Waals surface area contributed by atoms with Crippen LogP contribution in [0, 0.1) is 0 Å². The fraction of sp³-hybridized carbons (Fsp3) is 0.529. The molecule has 0 saturated carbocycles. The van der Waals surface area contributed by atoms with Crippen LogP contribution in [-0.2, 0) is 14.8 Å². The van der Waals surface area contributed by atoms with E-state index in [9.17, 15) is 18.0 Å². The Kier molecular flexibility index (Phi) is 6.23. The lowest BCUT2D eigenvalue weighted by molar-refractivity contribution is -0.129. The van der Waals surface area contributed by atoms with Gasteiger partial charge in [-0.25, -0.2) is 13.2 Å². The molecular formula is C17H23ClN4O4S.